The minimum atomic E-state index is -2.66. The van der Waals surface area contributed by atoms with Gasteiger partial charge in [-0.2, -0.15) is 0 Å². The third-order valence-corrected chi connectivity index (χ3v) is 5.25. The summed E-state index contributed by atoms with van der Waals surface area (Å²) in [5, 5.41) is 2.92. The second kappa shape index (κ2) is 7.25. The summed E-state index contributed by atoms with van der Waals surface area (Å²) < 4.78 is 27.8. The molecule has 1 aromatic carbocycles. The summed E-state index contributed by atoms with van der Waals surface area (Å²) in [6.45, 7) is 1.66. The van der Waals surface area contributed by atoms with E-state index in [9.17, 15) is 13.6 Å². The standard InChI is InChI=1S/C18H12ClF2N5OS/c1-9-11(6-22-16(23-9)18-24-14(19)8-28-18)17(27)25-26-7-12(15(20)21)10-4-2-3-5-13(10)26/h2-8,15H,1H3,(H,25,27). The summed E-state index contributed by atoms with van der Waals surface area (Å²) in [7, 11) is 0. The van der Waals surface area contributed by atoms with Gasteiger partial charge in [0, 0.05) is 28.7 Å². The van der Waals surface area contributed by atoms with E-state index in [0.29, 0.717) is 32.6 Å². The first kappa shape index (κ1) is 18.5. The van der Waals surface area contributed by atoms with E-state index in [4.69, 9.17) is 11.6 Å². The van der Waals surface area contributed by atoms with Gasteiger partial charge in [0.2, 0.25) is 0 Å². The minimum Gasteiger partial charge on any atom is -0.267 e. The lowest BCUT2D eigenvalue weighted by atomic mass is 10.2. The number of aromatic nitrogens is 4. The Bertz CT molecular complexity index is 1190. The SMILES string of the molecule is Cc1nc(-c2nc(Cl)cs2)ncc1C(=O)Nn1cc(C(F)F)c2ccccc21. The molecule has 3 aromatic heterocycles. The number of alkyl halides is 2. The maximum absolute atomic E-state index is 13.3. The van der Waals surface area contributed by atoms with Crippen molar-refractivity contribution >= 4 is 39.7 Å². The maximum Gasteiger partial charge on any atom is 0.273 e. The summed E-state index contributed by atoms with van der Waals surface area (Å²) in [4.78, 5) is 25.2. The van der Waals surface area contributed by atoms with Gasteiger partial charge in [0.15, 0.2) is 10.8 Å². The van der Waals surface area contributed by atoms with Crippen molar-refractivity contribution < 1.29 is 13.6 Å². The summed E-state index contributed by atoms with van der Waals surface area (Å²) >= 11 is 7.11. The molecule has 0 aliphatic carbocycles. The summed E-state index contributed by atoms with van der Waals surface area (Å²) in [6.07, 6.45) is -0.0604. The number of amides is 1. The summed E-state index contributed by atoms with van der Waals surface area (Å²) in [5.41, 5.74) is 3.58. The maximum atomic E-state index is 13.3. The molecule has 10 heteroatoms. The molecule has 28 heavy (non-hydrogen) atoms. The Morgan fingerprint density at radius 3 is 2.75 bits per heavy atom. The van der Waals surface area contributed by atoms with Crippen LogP contribution in [0.2, 0.25) is 5.15 Å². The molecule has 0 bridgehead atoms. The number of para-hydroxylation sites is 1. The van der Waals surface area contributed by atoms with Gasteiger partial charge in [0.05, 0.1) is 16.8 Å². The van der Waals surface area contributed by atoms with Crippen molar-refractivity contribution in [3.63, 3.8) is 0 Å². The molecule has 3 heterocycles. The largest absolute Gasteiger partial charge is 0.273 e. The van der Waals surface area contributed by atoms with Crippen LogP contribution in [0.1, 0.15) is 28.0 Å². The van der Waals surface area contributed by atoms with Crippen LogP contribution >= 0.6 is 22.9 Å². The van der Waals surface area contributed by atoms with Gasteiger partial charge in [-0.3, -0.25) is 14.9 Å². The van der Waals surface area contributed by atoms with Crippen LogP contribution in [0.5, 0.6) is 0 Å². The van der Waals surface area contributed by atoms with Crippen LogP contribution in [-0.4, -0.2) is 25.5 Å². The second-order valence-corrected chi connectivity index (χ2v) is 7.13. The highest BCUT2D eigenvalue weighted by atomic mass is 35.5. The van der Waals surface area contributed by atoms with Crippen molar-refractivity contribution in [2.75, 3.05) is 5.43 Å². The zero-order valence-electron chi connectivity index (χ0n) is 14.4. The van der Waals surface area contributed by atoms with Crippen molar-refractivity contribution in [1.82, 2.24) is 19.6 Å². The van der Waals surface area contributed by atoms with E-state index >= 15 is 0 Å². The lowest BCUT2D eigenvalue weighted by molar-refractivity contribution is 0.101. The van der Waals surface area contributed by atoms with Crippen LogP contribution in [0.4, 0.5) is 8.78 Å². The first-order chi connectivity index (χ1) is 13.4. The van der Waals surface area contributed by atoms with E-state index in [0.717, 1.165) is 0 Å². The quantitative estimate of drug-likeness (QED) is 0.513. The van der Waals surface area contributed by atoms with E-state index in [1.165, 1.54) is 28.4 Å². The minimum absolute atomic E-state index is 0.153. The summed E-state index contributed by atoms with van der Waals surface area (Å²) in [6, 6.07) is 6.62. The number of nitrogens with one attached hydrogen (secondary N) is 1. The van der Waals surface area contributed by atoms with Crippen molar-refractivity contribution in [3.05, 3.63) is 64.0 Å². The number of carbonyl (C=O) groups excluding carboxylic acids is 1. The first-order valence-corrected chi connectivity index (χ1v) is 9.34. The molecule has 4 rings (SSSR count). The molecule has 1 amide bonds. The normalized spacial score (nSPS) is 11.3. The molecule has 4 aromatic rings. The third-order valence-electron chi connectivity index (χ3n) is 4.09. The van der Waals surface area contributed by atoms with E-state index in [2.05, 4.69) is 20.4 Å². The molecule has 0 saturated carbocycles. The first-order valence-electron chi connectivity index (χ1n) is 8.08. The van der Waals surface area contributed by atoms with E-state index < -0.39 is 12.3 Å². The van der Waals surface area contributed by atoms with Crippen LogP contribution in [0.25, 0.3) is 21.7 Å². The Kier molecular flexibility index (Phi) is 4.78. The average molecular weight is 420 g/mol. The topological polar surface area (TPSA) is 72.7 Å². The highest BCUT2D eigenvalue weighted by Crippen LogP contribution is 2.29. The Balaban J connectivity index is 1.65. The molecule has 0 unspecified atom stereocenters. The molecule has 0 aliphatic heterocycles. The van der Waals surface area contributed by atoms with Gasteiger partial charge in [-0.15, -0.1) is 11.3 Å². The van der Waals surface area contributed by atoms with Gasteiger partial charge >= 0.3 is 0 Å². The monoisotopic (exact) mass is 419 g/mol. The molecule has 142 valence electrons. The molecule has 0 fully saturated rings. The van der Waals surface area contributed by atoms with Gasteiger partial charge in [0.25, 0.3) is 12.3 Å². The van der Waals surface area contributed by atoms with Crippen LogP contribution in [0, 0.1) is 6.92 Å². The zero-order chi connectivity index (χ0) is 19.8. The molecule has 6 nitrogen and oxygen atoms in total. The average Bonchev–Trinajstić information content (AvgIpc) is 3.26. The predicted molar refractivity (Wildman–Crippen MR) is 103 cm³/mol. The van der Waals surface area contributed by atoms with Gasteiger partial charge in [-0.05, 0) is 13.0 Å². The number of halogens is 3. The van der Waals surface area contributed by atoms with E-state index in [-0.39, 0.29) is 11.1 Å². The van der Waals surface area contributed by atoms with Crippen LogP contribution in [0.15, 0.2) is 42.0 Å². The summed E-state index contributed by atoms with van der Waals surface area (Å²) in [5.74, 6) is -0.153. The lowest BCUT2D eigenvalue weighted by Gasteiger charge is -2.09. The van der Waals surface area contributed by atoms with Gasteiger partial charge in [0.1, 0.15) is 5.15 Å². The number of thiazole rings is 1. The Labute approximate surface area is 166 Å². The Morgan fingerprint density at radius 1 is 1.29 bits per heavy atom. The Morgan fingerprint density at radius 2 is 2.07 bits per heavy atom. The number of nitrogens with zero attached hydrogens (tertiary/aromatic N) is 4. The van der Waals surface area contributed by atoms with Crippen LogP contribution in [-0.2, 0) is 0 Å². The van der Waals surface area contributed by atoms with Crippen LogP contribution < -0.4 is 5.43 Å². The fourth-order valence-electron chi connectivity index (χ4n) is 2.79. The molecular weight excluding hydrogens is 408 g/mol. The van der Waals surface area contributed by atoms with Gasteiger partial charge in [-0.1, -0.05) is 29.8 Å². The number of aryl methyl sites for hydroxylation is 1. The van der Waals surface area contributed by atoms with E-state index in [1.807, 2.05) is 0 Å². The molecule has 0 radical (unpaired) electrons. The molecule has 0 atom stereocenters. The Hall–Kier alpha value is -2.91. The highest BCUT2D eigenvalue weighted by Gasteiger charge is 2.19. The molecular formula is C18H12ClF2N5OS. The molecule has 0 spiro atoms. The smallest absolute Gasteiger partial charge is 0.267 e. The van der Waals surface area contributed by atoms with Crippen LogP contribution in [0.3, 0.4) is 0 Å². The molecule has 0 saturated heterocycles. The highest BCUT2D eigenvalue weighted by molar-refractivity contribution is 7.13. The molecule has 0 aliphatic rings. The second-order valence-electron chi connectivity index (χ2n) is 5.88. The van der Waals surface area contributed by atoms with Crippen molar-refractivity contribution in [2.24, 2.45) is 0 Å². The van der Waals surface area contributed by atoms with Crippen molar-refractivity contribution in [2.45, 2.75) is 13.3 Å². The zero-order valence-corrected chi connectivity index (χ0v) is 15.9. The number of hydrogen-bond acceptors (Lipinski definition) is 5. The fraction of sp³-hybridized carbons (Fsp3) is 0.111. The predicted octanol–water partition coefficient (Wildman–Crippen LogP) is 4.84. The fourth-order valence-corrected chi connectivity index (χ4v) is 3.68. The number of fused-ring (bicyclic) bond motifs is 1. The number of rotatable bonds is 4. The van der Waals surface area contributed by atoms with Crippen molar-refractivity contribution in [1.29, 1.82) is 0 Å². The van der Waals surface area contributed by atoms with Gasteiger partial charge < -0.3 is 0 Å². The molecule has 1 N–H and O–H groups in total. The van der Waals surface area contributed by atoms with Gasteiger partial charge in [-0.25, -0.2) is 23.7 Å². The number of hydrogen-bond donors (Lipinski definition) is 1. The van der Waals surface area contributed by atoms with E-state index in [1.54, 1.807) is 36.6 Å². The lowest BCUT2D eigenvalue weighted by Crippen LogP contribution is -2.23. The third kappa shape index (κ3) is 3.34. The number of carbonyl (C=O) groups is 1. The number of benzene rings is 1. The van der Waals surface area contributed by atoms with Crippen molar-refractivity contribution in [3.8, 4) is 10.8 Å².